The Labute approximate surface area is 266 Å². The zero-order valence-electron chi connectivity index (χ0n) is 26.7. The third-order valence-electron chi connectivity index (χ3n) is 8.63. The molecule has 2 fully saturated rings. The number of aldehydes is 1. The molecule has 1 amide bonds. The number of nitrogens with one attached hydrogen (secondary N) is 1. The van der Waals surface area contributed by atoms with Crippen LogP contribution in [0.1, 0.15) is 74.5 Å². The number of piperazine rings is 1. The first-order valence-electron chi connectivity index (χ1n) is 16.0. The SMILES string of the molecule is Cc1ncsc1-c1ccc(CNC(=O)OC(C)(C)C)c(N(CCCN2CCN(c3ccc(C=O)cc3)CC2)C2CCCC2)c1. The molecule has 8 nitrogen and oxygen atoms in total. The summed E-state index contributed by atoms with van der Waals surface area (Å²) in [5.74, 6) is 0. The van der Waals surface area contributed by atoms with Gasteiger partial charge in [0.25, 0.3) is 0 Å². The molecule has 1 N–H and O–H groups in total. The summed E-state index contributed by atoms with van der Waals surface area (Å²) in [6, 6.07) is 15.0. The molecular formula is C35H47N5O3S. The monoisotopic (exact) mass is 617 g/mol. The van der Waals surface area contributed by atoms with Gasteiger partial charge in [-0.25, -0.2) is 9.78 Å². The van der Waals surface area contributed by atoms with Gasteiger partial charge in [0.2, 0.25) is 0 Å². The molecule has 1 saturated carbocycles. The van der Waals surface area contributed by atoms with Gasteiger partial charge in [-0.15, -0.1) is 11.3 Å². The van der Waals surface area contributed by atoms with Crippen molar-refractivity contribution < 1.29 is 14.3 Å². The minimum absolute atomic E-state index is 0.392. The molecule has 236 valence electrons. The number of anilines is 2. The number of alkyl carbamates (subject to hydrolysis) is 1. The summed E-state index contributed by atoms with van der Waals surface area (Å²) in [6.07, 6.45) is 6.50. The number of carbonyl (C=O) groups excluding carboxylic acids is 2. The molecule has 2 aromatic carbocycles. The van der Waals surface area contributed by atoms with E-state index in [9.17, 15) is 9.59 Å². The van der Waals surface area contributed by atoms with E-state index in [1.807, 2.05) is 38.4 Å². The number of aromatic nitrogens is 1. The van der Waals surface area contributed by atoms with Crippen molar-refractivity contribution in [3.8, 4) is 10.4 Å². The molecule has 0 radical (unpaired) electrons. The minimum Gasteiger partial charge on any atom is -0.444 e. The standard InChI is InChI=1S/C35H47N5O3S/c1-26-33(44-25-37-26)28-12-13-29(23-36-34(42)43-35(2,3)4)32(22-28)40(31-8-5-6-9-31)17-7-16-38-18-20-39(21-19-38)30-14-10-27(24-41)11-15-30/h10-15,22,24-25,31H,5-9,16-21,23H2,1-4H3,(H,36,42). The fourth-order valence-electron chi connectivity index (χ4n) is 6.36. The maximum Gasteiger partial charge on any atom is 0.407 e. The van der Waals surface area contributed by atoms with Crippen molar-refractivity contribution >= 4 is 35.1 Å². The molecule has 0 spiro atoms. The number of carbonyl (C=O) groups is 2. The highest BCUT2D eigenvalue weighted by atomic mass is 32.1. The van der Waals surface area contributed by atoms with E-state index in [0.717, 1.165) is 68.8 Å². The lowest BCUT2D eigenvalue weighted by molar-refractivity contribution is 0.0523. The molecule has 0 atom stereocenters. The Hall–Kier alpha value is -3.43. The minimum atomic E-state index is -0.539. The fourth-order valence-corrected chi connectivity index (χ4v) is 7.16. The molecule has 1 aliphatic carbocycles. The van der Waals surface area contributed by atoms with E-state index in [2.05, 4.69) is 62.3 Å². The number of hydrogen-bond donors (Lipinski definition) is 1. The summed E-state index contributed by atoms with van der Waals surface area (Å²) in [7, 11) is 0. The van der Waals surface area contributed by atoms with Crippen LogP contribution in [0.4, 0.5) is 16.2 Å². The lowest BCUT2D eigenvalue weighted by Crippen LogP contribution is -2.47. The number of benzene rings is 2. The van der Waals surface area contributed by atoms with Crippen LogP contribution in [0.5, 0.6) is 0 Å². The van der Waals surface area contributed by atoms with Crippen LogP contribution in [0.3, 0.4) is 0 Å². The number of hydrogen-bond acceptors (Lipinski definition) is 8. The zero-order valence-corrected chi connectivity index (χ0v) is 27.5. The van der Waals surface area contributed by atoms with E-state index in [4.69, 9.17) is 4.74 Å². The molecule has 2 aliphatic rings. The molecule has 5 rings (SSSR count). The second kappa shape index (κ2) is 14.6. The van der Waals surface area contributed by atoms with E-state index in [0.29, 0.717) is 12.6 Å². The highest BCUT2D eigenvalue weighted by Gasteiger charge is 2.26. The summed E-state index contributed by atoms with van der Waals surface area (Å²) in [4.78, 5) is 36.9. The summed E-state index contributed by atoms with van der Waals surface area (Å²) >= 11 is 1.68. The predicted octanol–water partition coefficient (Wildman–Crippen LogP) is 6.92. The van der Waals surface area contributed by atoms with Crippen LogP contribution in [0.2, 0.25) is 0 Å². The van der Waals surface area contributed by atoms with Crippen molar-refractivity contribution in [3.63, 3.8) is 0 Å². The Bertz CT molecular complexity index is 1390. The van der Waals surface area contributed by atoms with E-state index in [1.165, 1.54) is 47.5 Å². The quantitative estimate of drug-likeness (QED) is 0.234. The molecule has 1 saturated heterocycles. The second-order valence-electron chi connectivity index (χ2n) is 13.0. The predicted molar refractivity (Wildman–Crippen MR) is 180 cm³/mol. The second-order valence-corrected chi connectivity index (χ2v) is 13.8. The molecule has 1 aliphatic heterocycles. The largest absolute Gasteiger partial charge is 0.444 e. The van der Waals surface area contributed by atoms with E-state index in [1.54, 1.807) is 11.3 Å². The van der Waals surface area contributed by atoms with Crippen molar-refractivity contribution in [2.24, 2.45) is 0 Å². The van der Waals surface area contributed by atoms with Gasteiger partial charge in [0.05, 0.1) is 16.1 Å². The van der Waals surface area contributed by atoms with Crippen LogP contribution in [0.25, 0.3) is 10.4 Å². The van der Waals surface area contributed by atoms with Crippen LogP contribution in [-0.4, -0.2) is 73.2 Å². The number of nitrogens with zero attached hydrogens (tertiary/aromatic N) is 4. The molecule has 0 unspecified atom stereocenters. The van der Waals surface area contributed by atoms with Gasteiger partial charge >= 0.3 is 6.09 Å². The van der Waals surface area contributed by atoms with E-state index >= 15 is 0 Å². The van der Waals surface area contributed by atoms with Crippen molar-refractivity contribution in [2.75, 3.05) is 49.1 Å². The molecular weight excluding hydrogens is 570 g/mol. The maximum absolute atomic E-state index is 12.6. The molecule has 3 aromatic rings. The first-order chi connectivity index (χ1) is 21.2. The fraction of sp³-hybridized carbons (Fsp3) is 0.514. The third kappa shape index (κ3) is 8.39. The van der Waals surface area contributed by atoms with Gasteiger partial charge in [-0.2, -0.15) is 0 Å². The Morgan fingerprint density at radius 2 is 1.82 bits per heavy atom. The van der Waals surface area contributed by atoms with Crippen LogP contribution >= 0.6 is 11.3 Å². The van der Waals surface area contributed by atoms with Crippen LogP contribution in [0.15, 0.2) is 48.0 Å². The highest BCUT2D eigenvalue weighted by molar-refractivity contribution is 7.13. The van der Waals surface area contributed by atoms with Crippen molar-refractivity contribution in [2.45, 2.75) is 78.0 Å². The Kier molecular flexibility index (Phi) is 10.6. The zero-order chi connectivity index (χ0) is 31.1. The van der Waals surface area contributed by atoms with Crippen molar-refractivity contribution in [1.29, 1.82) is 0 Å². The first kappa shape index (κ1) is 32.0. The lowest BCUT2D eigenvalue weighted by atomic mass is 10.0. The summed E-state index contributed by atoms with van der Waals surface area (Å²) in [6.45, 7) is 14.2. The van der Waals surface area contributed by atoms with Gasteiger partial charge in [-0.3, -0.25) is 9.69 Å². The third-order valence-corrected chi connectivity index (χ3v) is 9.61. The molecule has 0 bridgehead atoms. The average Bonchev–Trinajstić information content (AvgIpc) is 3.70. The number of thiazole rings is 1. The van der Waals surface area contributed by atoms with Gasteiger partial charge in [0.1, 0.15) is 11.9 Å². The molecule has 1 aromatic heterocycles. The summed E-state index contributed by atoms with van der Waals surface area (Å²) in [5.41, 5.74) is 7.83. The van der Waals surface area contributed by atoms with Gasteiger partial charge < -0.3 is 19.9 Å². The first-order valence-corrected chi connectivity index (χ1v) is 16.9. The maximum atomic E-state index is 12.6. The van der Waals surface area contributed by atoms with Gasteiger partial charge in [0, 0.05) is 62.2 Å². The normalized spacial score (nSPS) is 16.2. The van der Waals surface area contributed by atoms with Crippen LogP contribution in [0, 0.1) is 6.92 Å². The summed E-state index contributed by atoms with van der Waals surface area (Å²) in [5, 5.41) is 3.01. The highest BCUT2D eigenvalue weighted by Crippen LogP contribution is 2.36. The number of ether oxygens (including phenoxy) is 1. The number of amides is 1. The van der Waals surface area contributed by atoms with Crippen LogP contribution in [-0.2, 0) is 11.3 Å². The van der Waals surface area contributed by atoms with Crippen molar-refractivity contribution in [3.05, 3.63) is 64.8 Å². The van der Waals surface area contributed by atoms with Crippen LogP contribution < -0.4 is 15.1 Å². The number of aryl methyl sites for hydroxylation is 1. The summed E-state index contributed by atoms with van der Waals surface area (Å²) < 4.78 is 5.54. The Balaban J connectivity index is 1.28. The van der Waals surface area contributed by atoms with E-state index < -0.39 is 11.7 Å². The van der Waals surface area contributed by atoms with Gasteiger partial charge in [-0.05, 0) is 95.0 Å². The number of rotatable bonds is 11. The smallest absolute Gasteiger partial charge is 0.407 e. The molecule has 2 heterocycles. The Morgan fingerprint density at radius 3 is 2.45 bits per heavy atom. The topological polar surface area (TPSA) is 78.0 Å². The molecule has 9 heteroatoms. The van der Waals surface area contributed by atoms with Crippen molar-refractivity contribution in [1.82, 2.24) is 15.2 Å². The molecule has 44 heavy (non-hydrogen) atoms. The van der Waals surface area contributed by atoms with Gasteiger partial charge in [-0.1, -0.05) is 25.0 Å². The average molecular weight is 618 g/mol. The lowest BCUT2D eigenvalue weighted by Gasteiger charge is -2.37. The van der Waals surface area contributed by atoms with E-state index in [-0.39, 0.29) is 0 Å². The van der Waals surface area contributed by atoms with Gasteiger partial charge in [0.15, 0.2) is 0 Å². The Morgan fingerprint density at radius 1 is 1.09 bits per heavy atom.